The lowest BCUT2D eigenvalue weighted by Gasteiger charge is -2.28. The smallest absolute Gasteiger partial charge is 0.148 e. The Morgan fingerprint density at radius 2 is 1.79 bits per heavy atom. The van der Waals surface area contributed by atoms with Gasteiger partial charge in [-0.05, 0) is 5.56 Å². The maximum Gasteiger partial charge on any atom is 0.148 e. The summed E-state index contributed by atoms with van der Waals surface area (Å²) in [5.41, 5.74) is 5.34. The molecule has 0 N–H and O–H groups in total. The van der Waals surface area contributed by atoms with Crippen LogP contribution in [-0.4, -0.2) is 23.2 Å². The number of hydrogen-bond donors (Lipinski definition) is 0. The fraction of sp³-hybridized carbons (Fsp3) is 0.300. The van der Waals surface area contributed by atoms with Crippen LogP contribution in [0.15, 0.2) is 77.7 Å². The van der Waals surface area contributed by atoms with Crippen molar-refractivity contribution < 1.29 is 0 Å². The predicted octanol–water partition coefficient (Wildman–Crippen LogP) is 6.15. The third kappa shape index (κ3) is 6.80. The van der Waals surface area contributed by atoms with Crippen LogP contribution in [0.1, 0.15) is 25.8 Å². The summed E-state index contributed by atoms with van der Waals surface area (Å²) in [6.07, 6.45) is 3.55. The van der Waals surface area contributed by atoms with Gasteiger partial charge in [-0.25, -0.2) is 0 Å². The van der Waals surface area contributed by atoms with Gasteiger partial charge >= 0.3 is 0 Å². The number of benzene rings is 1. The zero-order valence-corrected chi connectivity index (χ0v) is 16.2. The van der Waals surface area contributed by atoms with E-state index < -0.39 is 5.50 Å². The molecule has 0 fully saturated rings. The Morgan fingerprint density at radius 1 is 1.25 bits per heavy atom. The minimum absolute atomic E-state index is 0.398. The molecule has 0 amide bonds. The quantitative estimate of drug-likeness (QED) is 0.272. The molecule has 0 spiro atoms. The molecule has 1 aliphatic rings. The number of rotatable bonds is 3. The van der Waals surface area contributed by atoms with Gasteiger partial charge in [-0.15, -0.1) is 18.9 Å². The van der Waals surface area contributed by atoms with Crippen molar-refractivity contribution in [3.63, 3.8) is 0 Å². The molecule has 4 heteroatoms. The number of aliphatic imine (C=N–C) groups is 1. The Bertz CT molecular complexity index is 599. The van der Waals surface area contributed by atoms with Crippen molar-refractivity contribution in [1.29, 1.82) is 0 Å². The topological polar surface area (TPSA) is 15.6 Å². The van der Waals surface area contributed by atoms with Crippen molar-refractivity contribution in [3.8, 4) is 0 Å². The second-order valence-corrected chi connectivity index (χ2v) is 5.74. The summed E-state index contributed by atoms with van der Waals surface area (Å²) < 4.78 is 0. The minimum atomic E-state index is -0.398. The summed E-state index contributed by atoms with van der Waals surface area (Å²) in [6.45, 7) is 14.0. The molecule has 1 aromatic rings. The highest BCUT2D eigenvalue weighted by Gasteiger charge is 2.25. The molecule has 1 aliphatic heterocycles. The van der Waals surface area contributed by atoms with Crippen molar-refractivity contribution in [3.05, 3.63) is 78.3 Å². The van der Waals surface area contributed by atoms with E-state index in [1.165, 1.54) is 12.0 Å². The van der Waals surface area contributed by atoms with Gasteiger partial charge in [-0.1, -0.05) is 80.4 Å². The highest BCUT2D eigenvalue weighted by Crippen LogP contribution is 2.24. The summed E-state index contributed by atoms with van der Waals surface area (Å²) in [5, 5.41) is 0.520. The zero-order valence-electron chi connectivity index (χ0n) is 14.7. The molecule has 0 aliphatic carbocycles. The van der Waals surface area contributed by atoms with Gasteiger partial charge in [-0.2, -0.15) is 0 Å². The first-order valence-corrected chi connectivity index (χ1v) is 8.60. The standard InChI is InChI=1S/C15H14Cl2N2.C3H8.C2H4/c1-3-12(9-11-7-5-4-6-8-11)14-15(17)19(2)13(16)10-18-14;1-3-2;1-2/h4-8,10,15H,1,9H2,2H3;3H2,1-2H3;1-2H2. The van der Waals surface area contributed by atoms with E-state index in [0.29, 0.717) is 11.6 Å². The van der Waals surface area contributed by atoms with Crippen LogP contribution in [0.25, 0.3) is 0 Å². The average molecular weight is 365 g/mol. The molecular formula is C20H26Cl2N2. The second kappa shape index (κ2) is 12.7. The SMILES string of the molecule is C=C.C=C=C(Cc1ccccc1)C1=NC=C(Cl)N(C)C1Cl.CCC. The summed E-state index contributed by atoms with van der Waals surface area (Å²) in [6, 6.07) is 10.1. The molecule has 0 saturated carbocycles. The molecule has 1 heterocycles. The van der Waals surface area contributed by atoms with E-state index in [0.717, 1.165) is 11.3 Å². The van der Waals surface area contributed by atoms with E-state index in [2.05, 4.69) is 56.4 Å². The molecule has 0 aromatic heterocycles. The van der Waals surface area contributed by atoms with Crippen molar-refractivity contribution in [2.24, 2.45) is 4.99 Å². The van der Waals surface area contributed by atoms with Crippen LogP contribution < -0.4 is 0 Å². The van der Waals surface area contributed by atoms with Gasteiger partial charge in [0.15, 0.2) is 0 Å². The van der Waals surface area contributed by atoms with E-state index in [1.807, 2.05) is 25.2 Å². The average Bonchev–Trinajstić information content (AvgIpc) is 2.61. The van der Waals surface area contributed by atoms with Crippen LogP contribution in [0, 0.1) is 0 Å². The van der Waals surface area contributed by atoms with Gasteiger partial charge < -0.3 is 4.90 Å². The zero-order chi connectivity index (χ0) is 18.5. The van der Waals surface area contributed by atoms with Gasteiger partial charge in [0, 0.05) is 19.0 Å². The Morgan fingerprint density at radius 3 is 2.29 bits per heavy atom. The third-order valence-electron chi connectivity index (χ3n) is 2.96. The highest BCUT2D eigenvalue weighted by molar-refractivity contribution is 6.37. The Labute approximate surface area is 156 Å². The molecule has 1 atom stereocenters. The number of nitrogens with zero attached hydrogens (tertiary/aromatic N) is 2. The molecule has 1 unspecified atom stereocenters. The van der Waals surface area contributed by atoms with Crippen LogP contribution in [0.4, 0.5) is 0 Å². The molecular weight excluding hydrogens is 339 g/mol. The van der Waals surface area contributed by atoms with E-state index >= 15 is 0 Å². The Hall–Kier alpha value is -1.73. The number of hydrogen-bond acceptors (Lipinski definition) is 2. The number of alkyl halides is 1. The first kappa shape index (κ1) is 22.3. The largest absolute Gasteiger partial charge is 0.343 e. The fourth-order valence-corrected chi connectivity index (χ4v) is 2.32. The third-order valence-corrected chi connectivity index (χ3v) is 3.82. The van der Waals surface area contributed by atoms with Gasteiger partial charge in [0.2, 0.25) is 0 Å². The summed E-state index contributed by atoms with van der Waals surface area (Å²) in [7, 11) is 1.83. The molecule has 0 bridgehead atoms. The fourth-order valence-electron chi connectivity index (χ4n) is 1.83. The molecule has 1 aromatic carbocycles. The van der Waals surface area contributed by atoms with Crippen molar-refractivity contribution >= 4 is 28.9 Å². The summed E-state index contributed by atoms with van der Waals surface area (Å²) >= 11 is 12.3. The first-order chi connectivity index (χ1) is 11.5. The lowest BCUT2D eigenvalue weighted by molar-refractivity contribution is 0.466. The number of halogens is 2. The van der Waals surface area contributed by atoms with E-state index in [9.17, 15) is 0 Å². The molecule has 2 rings (SSSR count). The van der Waals surface area contributed by atoms with E-state index in [4.69, 9.17) is 23.2 Å². The van der Waals surface area contributed by atoms with Crippen LogP contribution in [0.2, 0.25) is 0 Å². The Kier molecular flexibility index (Phi) is 11.8. The van der Waals surface area contributed by atoms with Crippen molar-refractivity contribution in [1.82, 2.24) is 4.90 Å². The van der Waals surface area contributed by atoms with Crippen LogP contribution in [0.5, 0.6) is 0 Å². The molecule has 0 saturated heterocycles. The van der Waals surface area contributed by atoms with Crippen LogP contribution in [0.3, 0.4) is 0 Å². The molecule has 0 radical (unpaired) electrons. The van der Waals surface area contributed by atoms with Crippen LogP contribution in [-0.2, 0) is 6.42 Å². The second-order valence-electron chi connectivity index (χ2n) is 4.94. The first-order valence-electron chi connectivity index (χ1n) is 7.78. The highest BCUT2D eigenvalue weighted by atomic mass is 35.5. The lowest BCUT2D eigenvalue weighted by atomic mass is 10.0. The van der Waals surface area contributed by atoms with Gasteiger partial charge in [0.1, 0.15) is 10.7 Å². The van der Waals surface area contributed by atoms with Gasteiger partial charge in [-0.3, -0.25) is 4.99 Å². The van der Waals surface area contributed by atoms with Gasteiger partial charge in [0.25, 0.3) is 0 Å². The maximum atomic E-state index is 6.35. The Balaban J connectivity index is 0.000000952. The molecule has 130 valence electrons. The van der Waals surface area contributed by atoms with Crippen molar-refractivity contribution in [2.45, 2.75) is 32.2 Å². The van der Waals surface area contributed by atoms with Crippen molar-refractivity contribution in [2.75, 3.05) is 7.05 Å². The van der Waals surface area contributed by atoms with E-state index in [-0.39, 0.29) is 0 Å². The van der Waals surface area contributed by atoms with Crippen LogP contribution >= 0.6 is 23.2 Å². The van der Waals surface area contributed by atoms with E-state index in [1.54, 1.807) is 11.1 Å². The summed E-state index contributed by atoms with van der Waals surface area (Å²) in [5.74, 6) is 0. The lowest BCUT2D eigenvalue weighted by Crippen LogP contribution is -2.35. The monoisotopic (exact) mass is 364 g/mol. The normalized spacial score (nSPS) is 15.5. The predicted molar refractivity (Wildman–Crippen MR) is 109 cm³/mol. The minimum Gasteiger partial charge on any atom is -0.343 e. The summed E-state index contributed by atoms with van der Waals surface area (Å²) in [4.78, 5) is 6.08. The molecule has 2 nitrogen and oxygen atoms in total. The molecule has 24 heavy (non-hydrogen) atoms. The maximum absolute atomic E-state index is 6.35. The van der Waals surface area contributed by atoms with Gasteiger partial charge in [0.05, 0.1) is 11.9 Å².